The Hall–Kier alpha value is -2.27. The molecule has 0 aromatic heterocycles. The van der Waals surface area contributed by atoms with E-state index in [1.165, 1.54) is 36.4 Å². The first kappa shape index (κ1) is 15.1. The lowest BCUT2D eigenvalue weighted by Crippen LogP contribution is -2.28. The summed E-state index contributed by atoms with van der Waals surface area (Å²) < 4.78 is 26.6. The van der Waals surface area contributed by atoms with Gasteiger partial charge in [-0.2, -0.15) is 0 Å². The number of halogens is 2. The summed E-state index contributed by atoms with van der Waals surface area (Å²) in [7, 11) is 0. The zero-order valence-corrected chi connectivity index (χ0v) is 11.4. The number of hydrogen-bond donors (Lipinski definition) is 2. The maximum absolute atomic E-state index is 13.5. The van der Waals surface area contributed by atoms with Gasteiger partial charge in [0.05, 0.1) is 6.10 Å². The lowest BCUT2D eigenvalue weighted by Gasteiger charge is -2.13. The van der Waals surface area contributed by atoms with Gasteiger partial charge >= 0.3 is 0 Å². The Morgan fingerprint density at radius 3 is 2.57 bits per heavy atom. The largest absolute Gasteiger partial charge is 0.386 e. The van der Waals surface area contributed by atoms with Crippen molar-refractivity contribution in [3.63, 3.8) is 0 Å². The molecule has 0 radical (unpaired) electrons. The van der Waals surface area contributed by atoms with E-state index in [0.29, 0.717) is 5.56 Å². The predicted octanol–water partition coefficient (Wildman–Crippen LogP) is 2.74. The molecule has 2 aromatic rings. The molecule has 0 fully saturated rings. The third-order valence-corrected chi connectivity index (χ3v) is 3.14. The highest BCUT2D eigenvalue weighted by Crippen LogP contribution is 2.16. The Kier molecular flexibility index (Phi) is 4.65. The number of carbonyl (C=O) groups excluding carboxylic acids is 1. The predicted molar refractivity (Wildman–Crippen MR) is 74.8 cm³/mol. The number of benzene rings is 2. The summed E-state index contributed by atoms with van der Waals surface area (Å²) in [5.41, 5.74) is 0.764. The van der Waals surface area contributed by atoms with Crippen molar-refractivity contribution in [1.29, 1.82) is 0 Å². The van der Waals surface area contributed by atoms with Gasteiger partial charge in [-0.1, -0.05) is 18.2 Å². The number of rotatable bonds is 4. The average Bonchev–Trinajstić information content (AvgIpc) is 2.47. The molecular formula is C16H15F2NO2. The van der Waals surface area contributed by atoms with Crippen LogP contribution in [0.2, 0.25) is 0 Å². The maximum Gasteiger partial charge on any atom is 0.251 e. The summed E-state index contributed by atoms with van der Waals surface area (Å²) in [5, 5.41) is 12.4. The van der Waals surface area contributed by atoms with E-state index in [9.17, 15) is 18.7 Å². The Balaban J connectivity index is 2.01. The van der Waals surface area contributed by atoms with Crippen molar-refractivity contribution in [1.82, 2.24) is 5.32 Å². The average molecular weight is 291 g/mol. The second-order valence-electron chi connectivity index (χ2n) is 4.71. The molecule has 0 spiro atoms. The number of carbonyl (C=O) groups is 1. The van der Waals surface area contributed by atoms with Crippen LogP contribution in [0.1, 0.15) is 27.6 Å². The Morgan fingerprint density at radius 1 is 1.19 bits per heavy atom. The fourth-order valence-corrected chi connectivity index (χ4v) is 1.93. The SMILES string of the molecule is Cc1cc(C(=O)NCC(O)c2ccccc2F)ccc1F. The van der Waals surface area contributed by atoms with Gasteiger partial charge in [-0.25, -0.2) is 8.78 Å². The highest BCUT2D eigenvalue weighted by Gasteiger charge is 2.14. The summed E-state index contributed by atoms with van der Waals surface area (Å²) in [6.07, 6.45) is -1.14. The molecule has 0 aliphatic carbocycles. The minimum absolute atomic E-state index is 0.119. The van der Waals surface area contributed by atoms with Gasteiger partial charge in [0.15, 0.2) is 0 Å². The quantitative estimate of drug-likeness (QED) is 0.910. The number of nitrogens with one attached hydrogen (secondary N) is 1. The molecule has 0 aliphatic rings. The monoisotopic (exact) mass is 291 g/mol. The minimum atomic E-state index is -1.14. The molecule has 0 saturated heterocycles. The van der Waals surface area contributed by atoms with E-state index >= 15 is 0 Å². The Labute approximate surface area is 121 Å². The molecule has 21 heavy (non-hydrogen) atoms. The normalized spacial score (nSPS) is 12.0. The van der Waals surface area contributed by atoms with E-state index in [0.717, 1.165) is 0 Å². The zero-order chi connectivity index (χ0) is 15.4. The molecular weight excluding hydrogens is 276 g/mol. The maximum atomic E-state index is 13.5. The van der Waals surface area contributed by atoms with Gasteiger partial charge in [0.1, 0.15) is 11.6 Å². The van der Waals surface area contributed by atoms with Crippen LogP contribution in [-0.2, 0) is 0 Å². The topological polar surface area (TPSA) is 49.3 Å². The first-order valence-corrected chi connectivity index (χ1v) is 6.46. The number of amides is 1. The smallest absolute Gasteiger partial charge is 0.251 e. The van der Waals surface area contributed by atoms with E-state index < -0.39 is 23.6 Å². The molecule has 2 aromatic carbocycles. The highest BCUT2D eigenvalue weighted by atomic mass is 19.1. The highest BCUT2D eigenvalue weighted by molar-refractivity contribution is 5.94. The van der Waals surface area contributed by atoms with Crippen LogP contribution in [-0.4, -0.2) is 17.6 Å². The van der Waals surface area contributed by atoms with Gasteiger partial charge in [-0.3, -0.25) is 4.79 Å². The van der Waals surface area contributed by atoms with Crippen molar-refractivity contribution in [2.45, 2.75) is 13.0 Å². The van der Waals surface area contributed by atoms with E-state index in [4.69, 9.17) is 0 Å². The van der Waals surface area contributed by atoms with E-state index in [1.54, 1.807) is 13.0 Å². The van der Waals surface area contributed by atoms with Gasteiger partial charge in [0, 0.05) is 17.7 Å². The molecule has 110 valence electrons. The fraction of sp³-hybridized carbons (Fsp3) is 0.188. The van der Waals surface area contributed by atoms with Crippen LogP contribution in [0.15, 0.2) is 42.5 Å². The van der Waals surface area contributed by atoms with Gasteiger partial charge in [-0.15, -0.1) is 0 Å². The molecule has 0 saturated carbocycles. The minimum Gasteiger partial charge on any atom is -0.386 e. The summed E-state index contributed by atoms with van der Waals surface area (Å²) in [6, 6.07) is 9.79. The summed E-state index contributed by atoms with van der Waals surface area (Å²) in [5.74, 6) is -1.37. The van der Waals surface area contributed by atoms with Crippen LogP contribution < -0.4 is 5.32 Å². The van der Waals surface area contributed by atoms with Crippen LogP contribution in [0.5, 0.6) is 0 Å². The van der Waals surface area contributed by atoms with E-state index in [2.05, 4.69) is 5.32 Å². The van der Waals surface area contributed by atoms with Gasteiger partial charge in [0.2, 0.25) is 0 Å². The van der Waals surface area contributed by atoms with Gasteiger partial charge in [0.25, 0.3) is 5.91 Å². The van der Waals surface area contributed by atoms with Gasteiger partial charge in [-0.05, 0) is 36.8 Å². The summed E-state index contributed by atoms with van der Waals surface area (Å²) in [6.45, 7) is 1.43. The van der Waals surface area contributed by atoms with Crippen molar-refractivity contribution >= 4 is 5.91 Å². The van der Waals surface area contributed by atoms with Crippen molar-refractivity contribution in [2.24, 2.45) is 0 Å². The van der Waals surface area contributed by atoms with Crippen molar-refractivity contribution in [3.8, 4) is 0 Å². The van der Waals surface area contributed by atoms with Crippen LogP contribution >= 0.6 is 0 Å². The lowest BCUT2D eigenvalue weighted by molar-refractivity contribution is 0.0914. The Morgan fingerprint density at radius 2 is 1.90 bits per heavy atom. The van der Waals surface area contributed by atoms with Crippen molar-refractivity contribution in [3.05, 3.63) is 70.8 Å². The van der Waals surface area contributed by atoms with Crippen molar-refractivity contribution in [2.75, 3.05) is 6.54 Å². The zero-order valence-electron chi connectivity index (χ0n) is 11.4. The first-order valence-electron chi connectivity index (χ1n) is 6.46. The standard InChI is InChI=1S/C16H15F2NO2/c1-10-8-11(6-7-13(10)17)16(21)19-9-15(20)12-4-2-3-5-14(12)18/h2-8,15,20H,9H2,1H3,(H,19,21). The second kappa shape index (κ2) is 6.45. The van der Waals surface area contributed by atoms with Crippen LogP contribution in [0.4, 0.5) is 8.78 Å². The number of aliphatic hydroxyl groups excluding tert-OH is 1. The molecule has 2 N–H and O–H groups in total. The number of hydrogen-bond acceptors (Lipinski definition) is 2. The molecule has 1 unspecified atom stereocenters. The van der Waals surface area contributed by atoms with Crippen LogP contribution in [0, 0.1) is 18.6 Å². The van der Waals surface area contributed by atoms with E-state index in [-0.39, 0.29) is 17.7 Å². The molecule has 3 nitrogen and oxygen atoms in total. The van der Waals surface area contributed by atoms with E-state index in [1.807, 2.05) is 0 Å². The third kappa shape index (κ3) is 3.64. The van der Waals surface area contributed by atoms with Crippen LogP contribution in [0.3, 0.4) is 0 Å². The molecule has 1 atom stereocenters. The van der Waals surface area contributed by atoms with Crippen LogP contribution in [0.25, 0.3) is 0 Å². The third-order valence-electron chi connectivity index (χ3n) is 3.14. The van der Waals surface area contributed by atoms with Gasteiger partial charge < -0.3 is 10.4 Å². The second-order valence-corrected chi connectivity index (χ2v) is 4.71. The molecule has 5 heteroatoms. The molecule has 2 rings (SSSR count). The molecule has 1 amide bonds. The molecule has 0 heterocycles. The Bertz CT molecular complexity index is 658. The number of aliphatic hydroxyl groups is 1. The summed E-state index contributed by atoms with van der Waals surface area (Å²) in [4.78, 5) is 11.9. The fourth-order valence-electron chi connectivity index (χ4n) is 1.93. The molecule has 0 aliphatic heterocycles. The molecule has 0 bridgehead atoms. The lowest BCUT2D eigenvalue weighted by atomic mass is 10.1. The number of aryl methyl sites for hydroxylation is 1. The summed E-state index contributed by atoms with van der Waals surface area (Å²) >= 11 is 0. The van der Waals surface area contributed by atoms with Crippen molar-refractivity contribution < 1.29 is 18.7 Å². The first-order chi connectivity index (χ1) is 9.99.